The largest absolute Gasteiger partial charge is 0.489 e. The number of aliphatic hydroxyl groups is 1. The Balaban J connectivity index is 0.000000271. The summed E-state index contributed by atoms with van der Waals surface area (Å²) in [6.07, 6.45) is 4.52. The third kappa shape index (κ3) is 5.63. The number of allylic oxidation sites excluding steroid dienone is 1. The second kappa shape index (κ2) is 10.8. The highest BCUT2D eigenvalue weighted by Crippen LogP contribution is 2.37. The zero-order valence-electron chi connectivity index (χ0n) is 19.1. The van der Waals surface area contributed by atoms with Crippen molar-refractivity contribution in [1.82, 2.24) is 9.97 Å². The average Bonchev–Trinajstić information content (AvgIpc) is 3.38. The summed E-state index contributed by atoms with van der Waals surface area (Å²) in [5.41, 5.74) is 6.31. The number of carbonyl (C=O) groups is 2. The van der Waals surface area contributed by atoms with Crippen molar-refractivity contribution >= 4 is 35.1 Å². The molecule has 4 rings (SSSR count). The van der Waals surface area contributed by atoms with E-state index in [0.29, 0.717) is 27.7 Å². The number of nitrogen functional groups attached to an aromatic ring is 1. The minimum absolute atomic E-state index is 0.00962. The van der Waals surface area contributed by atoms with Crippen LogP contribution in [0.3, 0.4) is 0 Å². The molecule has 0 bridgehead atoms. The zero-order chi connectivity index (χ0) is 25.0. The van der Waals surface area contributed by atoms with Gasteiger partial charge in [0, 0.05) is 17.8 Å². The van der Waals surface area contributed by atoms with Crippen molar-refractivity contribution in [3.63, 3.8) is 0 Å². The van der Waals surface area contributed by atoms with Gasteiger partial charge in [0.1, 0.15) is 23.2 Å². The minimum atomic E-state index is -0.941. The number of nitrogens with two attached hydrogens (primary N) is 1. The summed E-state index contributed by atoms with van der Waals surface area (Å²) in [5, 5.41) is 8.75. The molecule has 3 N–H and O–H groups in total. The fourth-order valence-corrected chi connectivity index (χ4v) is 3.68. The molecule has 9 nitrogen and oxygen atoms in total. The third-order valence-corrected chi connectivity index (χ3v) is 5.55. The lowest BCUT2D eigenvalue weighted by Gasteiger charge is -2.18. The van der Waals surface area contributed by atoms with Crippen molar-refractivity contribution in [2.45, 2.75) is 59.2 Å². The molecular weight excluding hydrogens is 467 g/mol. The van der Waals surface area contributed by atoms with Gasteiger partial charge in [-0.2, -0.15) is 0 Å². The van der Waals surface area contributed by atoms with E-state index in [1.165, 1.54) is 12.3 Å². The Kier molecular flexibility index (Phi) is 8.06. The molecule has 2 amide bonds. The van der Waals surface area contributed by atoms with Gasteiger partial charge in [0.15, 0.2) is 5.76 Å². The first kappa shape index (κ1) is 25.4. The molecule has 1 aromatic heterocycles. The first-order chi connectivity index (χ1) is 16.1. The lowest BCUT2D eigenvalue weighted by molar-refractivity contribution is -0.114. The number of halogens is 2. The predicted molar refractivity (Wildman–Crippen MR) is 124 cm³/mol. The van der Waals surface area contributed by atoms with Crippen molar-refractivity contribution in [2.24, 2.45) is 0 Å². The SMILES string of the molecule is CC(C)=C1OC(=O)N(c2cc(OC3CCCC3)c(Cl)cc2F)C1=O.Cc1ncc(CO)c(N)n1. The fourth-order valence-electron chi connectivity index (χ4n) is 3.48. The summed E-state index contributed by atoms with van der Waals surface area (Å²) in [7, 11) is 0. The van der Waals surface area contributed by atoms with E-state index in [9.17, 15) is 14.0 Å². The summed E-state index contributed by atoms with van der Waals surface area (Å²) >= 11 is 6.04. The Morgan fingerprint density at radius 3 is 2.56 bits per heavy atom. The maximum absolute atomic E-state index is 14.3. The molecule has 0 spiro atoms. The van der Waals surface area contributed by atoms with Crippen LogP contribution in [0.15, 0.2) is 29.7 Å². The Morgan fingerprint density at radius 1 is 1.32 bits per heavy atom. The van der Waals surface area contributed by atoms with Crippen LogP contribution in [-0.2, 0) is 16.1 Å². The summed E-state index contributed by atoms with van der Waals surface area (Å²) in [6.45, 7) is 4.91. The van der Waals surface area contributed by atoms with Crippen LogP contribution in [0.25, 0.3) is 0 Å². The molecule has 34 heavy (non-hydrogen) atoms. The van der Waals surface area contributed by atoms with Gasteiger partial charge in [-0.3, -0.25) is 4.79 Å². The Bertz CT molecular complexity index is 1130. The molecule has 0 radical (unpaired) electrons. The maximum Gasteiger partial charge on any atom is 0.427 e. The van der Waals surface area contributed by atoms with Crippen LogP contribution in [0.2, 0.25) is 5.02 Å². The molecule has 1 saturated carbocycles. The number of carbonyl (C=O) groups excluding carboxylic acids is 2. The first-order valence-corrected chi connectivity index (χ1v) is 11.1. The van der Waals surface area contributed by atoms with Gasteiger partial charge in [-0.25, -0.2) is 24.1 Å². The molecule has 0 unspecified atom stereocenters. The van der Waals surface area contributed by atoms with Gasteiger partial charge in [-0.05, 0) is 58.1 Å². The lowest BCUT2D eigenvalue weighted by atomic mass is 10.2. The normalized spacial score (nSPS) is 15.8. The van der Waals surface area contributed by atoms with E-state index >= 15 is 0 Å². The van der Waals surface area contributed by atoms with Crippen molar-refractivity contribution < 1.29 is 28.6 Å². The van der Waals surface area contributed by atoms with E-state index in [2.05, 4.69) is 9.97 Å². The average molecular weight is 493 g/mol. The summed E-state index contributed by atoms with van der Waals surface area (Å²) in [4.78, 5) is 32.7. The highest BCUT2D eigenvalue weighted by Gasteiger charge is 2.40. The number of amides is 2. The van der Waals surface area contributed by atoms with E-state index in [1.807, 2.05) is 0 Å². The number of ether oxygens (including phenoxy) is 2. The number of imide groups is 1. The molecule has 0 atom stereocenters. The van der Waals surface area contributed by atoms with Crippen molar-refractivity contribution in [1.29, 1.82) is 0 Å². The number of aryl methyl sites for hydroxylation is 1. The molecule has 2 aromatic rings. The number of cyclic esters (lactones) is 1. The predicted octanol–water partition coefficient (Wildman–Crippen LogP) is 4.44. The van der Waals surface area contributed by atoms with Gasteiger partial charge in [-0.1, -0.05) is 11.6 Å². The van der Waals surface area contributed by atoms with Crippen LogP contribution in [0.1, 0.15) is 50.9 Å². The highest BCUT2D eigenvalue weighted by atomic mass is 35.5. The van der Waals surface area contributed by atoms with Crippen LogP contribution in [0.5, 0.6) is 5.75 Å². The van der Waals surface area contributed by atoms with Crippen LogP contribution in [0, 0.1) is 12.7 Å². The van der Waals surface area contributed by atoms with Gasteiger partial charge in [0.05, 0.1) is 23.4 Å². The molecule has 1 aliphatic heterocycles. The molecule has 1 aliphatic carbocycles. The monoisotopic (exact) mass is 492 g/mol. The van der Waals surface area contributed by atoms with Gasteiger partial charge >= 0.3 is 12.0 Å². The molecule has 2 heterocycles. The number of benzene rings is 1. The quantitative estimate of drug-likeness (QED) is 0.599. The minimum Gasteiger partial charge on any atom is -0.489 e. The van der Waals surface area contributed by atoms with E-state index in [4.69, 9.17) is 31.9 Å². The zero-order valence-corrected chi connectivity index (χ0v) is 19.9. The van der Waals surface area contributed by atoms with Crippen LogP contribution in [0.4, 0.5) is 20.7 Å². The van der Waals surface area contributed by atoms with E-state index in [-0.39, 0.29) is 34.9 Å². The van der Waals surface area contributed by atoms with Crippen LogP contribution < -0.4 is 15.4 Å². The van der Waals surface area contributed by atoms with Gasteiger partial charge in [-0.15, -0.1) is 0 Å². The number of aliphatic hydroxyl groups excluding tert-OH is 1. The van der Waals surface area contributed by atoms with Gasteiger partial charge < -0.3 is 20.3 Å². The number of nitrogens with zero attached hydrogens (tertiary/aromatic N) is 3. The van der Waals surface area contributed by atoms with Crippen LogP contribution >= 0.6 is 11.6 Å². The van der Waals surface area contributed by atoms with E-state index in [1.54, 1.807) is 20.8 Å². The van der Waals surface area contributed by atoms with Gasteiger partial charge in [0.25, 0.3) is 0 Å². The number of rotatable bonds is 4. The standard InChI is InChI=1S/C17H17ClFNO4.C6H9N3O/c1-9(2)15-16(21)20(17(22)24-15)13-8-14(11(18)7-12(13)19)23-10-5-3-4-6-10;1-4-8-2-5(3-10)6(7)9-4/h7-8,10H,3-6H2,1-2H3;2,10H,3H2,1H3,(H2,7,8,9). The maximum atomic E-state index is 14.3. The smallest absolute Gasteiger partial charge is 0.427 e. The molecule has 2 aliphatic rings. The highest BCUT2D eigenvalue weighted by molar-refractivity contribution is 6.32. The van der Waals surface area contributed by atoms with Crippen molar-refractivity contribution in [2.75, 3.05) is 10.6 Å². The number of anilines is 2. The molecule has 2 fully saturated rings. The van der Waals surface area contributed by atoms with Crippen LogP contribution in [-0.4, -0.2) is 33.2 Å². The topological polar surface area (TPSA) is 128 Å². The third-order valence-electron chi connectivity index (χ3n) is 5.25. The molecule has 11 heteroatoms. The van der Waals surface area contributed by atoms with E-state index in [0.717, 1.165) is 31.7 Å². The molecule has 1 saturated heterocycles. The first-order valence-electron chi connectivity index (χ1n) is 10.7. The number of aromatic nitrogens is 2. The Hall–Kier alpha value is -3.24. The summed E-state index contributed by atoms with van der Waals surface area (Å²) in [5.74, 6) is -0.351. The molecule has 182 valence electrons. The fraction of sp³-hybridized carbons (Fsp3) is 0.391. The number of hydrogen-bond donors (Lipinski definition) is 2. The van der Waals surface area contributed by atoms with Crippen molar-refractivity contribution in [3.8, 4) is 5.75 Å². The molecule has 1 aromatic carbocycles. The van der Waals surface area contributed by atoms with Gasteiger partial charge in [0.2, 0.25) is 0 Å². The van der Waals surface area contributed by atoms with E-state index < -0.39 is 17.8 Å². The van der Waals surface area contributed by atoms with Crippen molar-refractivity contribution in [3.05, 3.63) is 51.9 Å². The number of hydrogen-bond acceptors (Lipinski definition) is 8. The summed E-state index contributed by atoms with van der Waals surface area (Å²) < 4.78 is 25.1. The summed E-state index contributed by atoms with van der Waals surface area (Å²) in [6, 6.07) is 2.32. The second-order valence-electron chi connectivity index (χ2n) is 8.08. The molecular formula is C23H26ClFN4O5. The Labute approximate surface area is 201 Å². The Morgan fingerprint density at radius 2 is 2.00 bits per heavy atom. The lowest BCUT2D eigenvalue weighted by Crippen LogP contribution is -2.29. The second-order valence-corrected chi connectivity index (χ2v) is 8.49.